The number of rotatable bonds is 2. The Morgan fingerprint density at radius 2 is 2.00 bits per heavy atom. The Balaban J connectivity index is 1.91. The van der Waals surface area contributed by atoms with Crippen molar-refractivity contribution in [3.05, 3.63) is 35.4 Å². The lowest BCUT2D eigenvalue weighted by Gasteiger charge is -2.09. The zero-order valence-electron chi connectivity index (χ0n) is 9.79. The molecule has 0 aromatic heterocycles. The van der Waals surface area contributed by atoms with Crippen LogP contribution in [-0.4, -0.2) is 17.0 Å². The molecule has 2 rings (SSSR count). The summed E-state index contributed by atoms with van der Waals surface area (Å²) in [6, 6.07) is 5.17. The van der Waals surface area contributed by atoms with Gasteiger partial charge in [0.1, 0.15) is 0 Å². The third-order valence-corrected chi connectivity index (χ3v) is 3.58. The summed E-state index contributed by atoms with van der Waals surface area (Å²) in [4.78, 5) is 4.28. The summed E-state index contributed by atoms with van der Waals surface area (Å²) in [6.45, 7) is 3.37. The van der Waals surface area contributed by atoms with Crippen LogP contribution in [0.2, 0.25) is 0 Å². The molecule has 1 atom stereocenters. The van der Waals surface area contributed by atoms with Crippen LogP contribution in [0.3, 0.4) is 0 Å². The number of benzene rings is 1. The first-order valence-electron chi connectivity index (χ1n) is 5.56. The standard InChI is InChI=1S/C12H13F3N2S/c1-8-6-16-11(18-8)17-7-9-2-4-10(5-3-9)12(13,14)15/h2-5,8H,6-7H2,1H3,(H,16,17). The highest BCUT2D eigenvalue weighted by atomic mass is 32.2. The van der Waals surface area contributed by atoms with Crippen LogP contribution in [0.15, 0.2) is 29.3 Å². The minimum Gasteiger partial charge on any atom is -0.361 e. The molecule has 18 heavy (non-hydrogen) atoms. The predicted octanol–water partition coefficient (Wildman–Crippen LogP) is 3.29. The van der Waals surface area contributed by atoms with Gasteiger partial charge in [0.2, 0.25) is 0 Å². The normalized spacial score (nSPS) is 19.8. The Hall–Kier alpha value is -1.17. The number of nitrogens with one attached hydrogen (secondary N) is 1. The van der Waals surface area contributed by atoms with E-state index in [-0.39, 0.29) is 0 Å². The van der Waals surface area contributed by atoms with Gasteiger partial charge in [0.25, 0.3) is 0 Å². The third-order valence-electron chi connectivity index (χ3n) is 2.53. The first-order valence-corrected chi connectivity index (χ1v) is 6.44. The molecule has 2 nitrogen and oxygen atoms in total. The minimum absolute atomic E-state index is 0.472. The van der Waals surface area contributed by atoms with Gasteiger partial charge in [-0.05, 0) is 17.7 Å². The highest BCUT2D eigenvalue weighted by molar-refractivity contribution is 8.14. The van der Waals surface area contributed by atoms with Crippen LogP contribution in [-0.2, 0) is 12.7 Å². The topological polar surface area (TPSA) is 24.4 Å². The summed E-state index contributed by atoms with van der Waals surface area (Å²) < 4.78 is 37.1. The average molecular weight is 274 g/mol. The smallest absolute Gasteiger partial charge is 0.361 e. The molecule has 0 bridgehead atoms. The van der Waals surface area contributed by atoms with E-state index in [2.05, 4.69) is 17.2 Å². The Morgan fingerprint density at radius 3 is 2.50 bits per heavy atom. The van der Waals surface area contributed by atoms with E-state index < -0.39 is 11.7 Å². The number of hydrogen-bond donors (Lipinski definition) is 1. The van der Waals surface area contributed by atoms with Gasteiger partial charge >= 0.3 is 6.18 Å². The third kappa shape index (κ3) is 3.41. The number of thioether (sulfide) groups is 1. The fourth-order valence-electron chi connectivity index (χ4n) is 1.56. The molecule has 1 aliphatic heterocycles. The van der Waals surface area contributed by atoms with Crippen molar-refractivity contribution in [1.82, 2.24) is 5.32 Å². The van der Waals surface area contributed by atoms with Crippen LogP contribution in [0.1, 0.15) is 18.1 Å². The Labute approximate surface area is 108 Å². The molecule has 1 N–H and O–H groups in total. The zero-order chi connectivity index (χ0) is 13.2. The van der Waals surface area contributed by atoms with Crippen molar-refractivity contribution in [1.29, 1.82) is 0 Å². The number of aliphatic imine (C=N–C) groups is 1. The Morgan fingerprint density at radius 1 is 1.33 bits per heavy atom. The molecular weight excluding hydrogens is 261 g/mol. The zero-order valence-corrected chi connectivity index (χ0v) is 10.6. The van der Waals surface area contributed by atoms with E-state index >= 15 is 0 Å². The quantitative estimate of drug-likeness (QED) is 0.895. The summed E-state index contributed by atoms with van der Waals surface area (Å²) in [6.07, 6.45) is -4.27. The lowest BCUT2D eigenvalue weighted by atomic mass is 10.1. The molecule has 1 unspecified atom stereocenters. The molecule has 0 fully saturated rings. The van der Waals surface area contributed by atoms with Crippen molar-refractivity contribution in [2.75, 3.05) is 6.54 Å². The number of amidine groups is 1. The summed E-state index contributed by atoms with van der Waals surface area (Å²) in [5, 5.41) is 4.45. The maximum absolute atomic E-state index is 12.4. The van der Waals surface area contributed by atoms with Crippen LogP contribution in [0.25, 0.3) is 0 Å². The largest absolute Gasteiger partial charge is 0.416 e. The molecule has 0 aliphatic carbocycles. The number of hydrogen-bond acceptors (Lipinski definition) is 3. The molecule has 6 heteroatoms. The molecule has 0 amide bonds. The number of alkyl halides is 3. The van der Waals surface area contributed by atoms with Crippen LogP contribution in [0.4, 0.5) is 13.2 Å². The van der Waals surface area contributed by atoms with E-state index in [1.165, 1.54) is 12.1 Å². The molecule has 98 valence electrons. The van der Waals surface area contributed by atoms with E-state index in [9.17, 15) is 13.2 Å². The van der Waals surface area contributed by atoms with Gasteiger partial charge in [-0.3, -0.25) is 4.99 Å². The summed E-state index contributed by atoms with van der Waals surface area (Å²) in [7, 11) is 0. The molecule has 0 saturated carbocycles. The predicted molar refractivity (Wildman–Crippen MR) is 67.6 cm³/mol. The second-order valence-corrected chi connectivity index (χ2v) is 5.55. The molecular formula is C12H13F3N2S. The van der Waals surface area contributed by atoms with Crippen LogP contribution >= 0.6 is 11.8 Å². The van der Waals surface area contributed by atoms with Crippen LogP contribution in [0.5, 0.6) is 0 Å². The Kier molecular flexibility index (Phi) is 3.85. The molecule has 1 heterocycles. The van der Waals surface area contributed by atoms with Crippen molar-refractivity contribution < 1.29 is 13.2 Å². The summed E-state index contributed by atoms with van der Waals surface area (Å²) in [5.41, 5.74) is 0.193. The summed E-state index contributed by atoms with van der Waals surface area (Å²) in [5.74, 6) is 0. The first-order chi connectivity index (χ1) is 8.45. The molecule has 1 aromatic rings. The van der Waals surface area contributed by atoms with Gasteiger partial charge in [-0.2, -0.15) is 13.2 Å². The second kappa shape index (κ2) is 5.22. The fourth-order valence-corrected chi connectivity index (χ4v) is 2.40. The van der Waals surface area contributed by atoms with Gasteiger partial charge in [-0.25, -0.2) is 0 Å². The van der Waals surface area contributed by atoms with Crippen LogP contribution in [0, 0.1) is 0 Å². The first kappa shape index (κ1) is 13.3. The average Bonchev–Trinajstić information content (AvgIpc) is 2.72. The monoisotopic (exact) mass is 274 g/mol. The van der Waals surface area contributed by atoms with Gasteiger partial charge in [-0.1, -0.05) is 30.8 Å². The van der Waals surface area contributed by atoms with E-state index in [0.29, 0.717) is 11.8 Å². The minimum atomic E-state index is -4.27. The van der Waals surface area contributed by atoms with E-state index in [4.69, 9.17) is 0 Å². The van der Waals surface area contributed by atoms with Crippen LogP contribution < -0.4 is 5.32 Å². The Bertz CT molecular complexity index is 440. The lowest BCUT2D eigenvalue weighted by molar-refractivity contribution is -0.137. The van der Waals surface area contributed by atoms with Crippen molar-refractivity contribution in [2.24, 2.45) is 4.99 Å². The van der Waals surface area contributed by atoms with Gasteiger partial charge in [0.05, 0.1) is 12.1 Å². The van der Waals surface area contributed by atoms with Gasteiger partial charge < -0.3 is 5.32 Å². The van der Waals surface area contributed by atoms with Crippen molar-refractivity contribution in [3.63, 3.8) is 0 Å². The fraction of sp³-hybridized carbons (Fsp3) is 0.417. The second-order valence-electron chi connectivity index (χ2n) is 4.12. The lowest BCUT2D eigenvalue weighted by Crippen LogP contribution is -2.18. The highest BCUT2D eigenvalue weighted by Gasteiger charge is 2.29. The molecule has 0 radical (unpaired) electrons. The van der Waals surface area contributed by atoms with E-state index in [1.807, 2.05) is 0 Å². The van der Waals surface area contributed by atoms with Gasteiger partial charge in [0.15, 0.2) is 5.17 Å². The van der Waals surface area contributed by atoms with E-state index in [1.54, 1.807) is 11.8 Å². The maximum atomic E-state index is 12.4. The number of halogens is 3. The maximum Gasteiger partial charge on any atom is 0.416 e. The molecule has 0 spiro atoms. The van der Waals surface area contributed by atoms with E-state index in [0.717, 1.165) is 29.4 Å². The molecule has 1 aromatic carbocycles. The highest BCUT2D eigenvalue weighted by Crippen LogP contribution is 2.29. The van der Waals surface area contributed by atoms with Crippen molar-refractivity contribution >= 4 is 16.9 Å². The molecule has 0 saturated heterocycles. The molecule has 1 aliphatic rings. The number of nitrogens with zero attached hydrogens (tertiary/aromatic N) is 1. The van der Waals surface area contributed by atoms with Gasteiger partial charge in [-0.15, -0.1) is 0 Å². The SMILES string of the molecule is CC1CN=C(NCc2ccc(C(F)(F)F)cc2)S1. The van der Waals surface area contributed by atoms with Gasteiger partial charge in [0, 0.05) is 11.8 Å². The van der Waals surface area contributed by atoms with Crippen molar-refractivity contribution in [3.8, 4) is 0 Å². The summed E-state index contributed by atoms with van der Waals surface area (Å²) >= 11 is 1.65. The van der Waals surface area contributed by atoms with Crippen molar-refractivity contribution in [2.45, 2.75) is 24.9 Å².